The van der Waals surface area contributed by atoms with E-state index in [1.54, 1.807) is 12.1 Å². The normalized spacial score (nSPS) is 12.6. The number of hydrogen-bond acceptors (Lipinski definition) is 4. The van der Waals surface area contributed by atoms with E-state index >= 15 is 0 Å². The molecule has 0 bridgehead atoms. The zero-order chi connectivity index (χ0) is 25.6. The average Bonchev–Trinajstić information content (AvgIpc) is 2.92. The highest BCUT2D eigenvalue weighted by Gasteiger charge is 2.15. The van der Waals surface area contributed by atoms with Gasteiger partial charge in [0, 0.05) is 18.1 Å². The molecular formula is C32H40O4. The van der Waals surface area contributed by atoms with Crippen molar-refractivity contribution in [2.45, 2.75) is 65.4 Å². The molecule has 3 aromatic carbocycles. The molecule has 36 heavy (non-hydrogen) atoms. The van der Waals surface area contributed by atoms with Crippen molar-refractivity contribution in [3.8, 4) is 22.6 Å². The molecular weight excluding hydrogens is 448 g/mol. The highest BCUT2D eigenvalue weighted by molar-refractivity contribution is 5.92. The van der Waals surface area contributed by atoms with Gasteiger partial charge in [0.05, 0.1) is 18.3 Å². The van der Waals surface area contributed by atoms with Crippen LogP contribution < -0.4 is 9.47 Å². The van der Waals surface area contributed by atoms with Crippen molar-refractivity contribution in [3.63, 3.8) is 0 Å². The molecule has 2 atom stereocenters. The quantitative estimate of drug-likeness (QED) is 0.122. The fourth-order valence-electron chi connectivity index (χ4n) is 3.94. The maximum absolute atomic E-state index is 12.8. The van der Waals surface area contributed by atoms with Gasteiger partial charge in [0.15, 0.2) is 0 Å². The molecule has 0 fully saturated rings. The van der Waals surface area contributed by atoms with Crippen LogP contribution in [0.4, 0.5) is 0 Å². The molecule has 3 aromatic rings. The van der Waals surface area contributed by atoms with Crippen molar-refractivity contribution in [2.24, 2.45) is 5.92 Å². The summed E-state index contributed by atoms with van der Waals surface area (Å²) < 4.78 is 17.7. The molecule has 0 saturated carbocycles. The molecule has 3 rings (SSSR count). The van der Waals surface area contributed by atoms with Crippen LogP contribution in [0.25, 0.3) is 11.1 Å². The molecule has 0 amide bonds. The molecule has 0 N–H and O–H groups in total. The molecule has 192 valence electrons. The average molecular weight is 489 g/mol. The lowest BCUT2D eigenvalue weighted by molar-refractivity contribution is 0.0137. The topological polar surface area (TPSA) is 44.8 Å². The van der Waals surface area contributed by atoms with Gasteiger partial charge >= 0.3 is 5.97 Å². The van der Waals surface area contributed by atoms with Crippen LogP contribution in [-0.2, 0) is 4.74 Å². The number of carbonyl (C=O) groups is 1. The van der Waals surface area contributed by atoms with Crippen LogP contribution in [0.5, 0.6) is 11.5 Å². The van der Waals surface area contributed by atoms with Crippen molar-refractivity contribution in [3.05, 3.63) is 84.4 Å². The number of unbranched alkanes of at least 4 members (excludes halogenated alkanes) is 5. The van der Waals surface area contributed by atoms with Crippen LogP contribution in [-0.4, -0.2) is 25.3 Å². The van der Waals surface area contributed by atoms with Gasteiger partial charge in [-0.15, -0.1) is 0 Å². The van der Waals surface area contributed by atoms with Crippen molar-refractivity contribution in [2.75, 3.05) is 13.2 Å². The first-order valence-corrected chi connectivity index (χ1v) is 13.3. The number of benzene rings is 3. The van der Waals surface area contributed by atoms with Gasteiger partial charge in [-0.25, -0.2) is 4.79 Å². The number of carbonyl (C=O) groups excluding carboxylic acids is 1. The van der Waals surface area contributed by atoms with Gasteiger partial charge in [0.2, 0.25) is 0 Å². The predicted octanol–water partition coefficient (Wildman–Crippen LogP) is 8.35. The summed E-state index contributed by atoms with van der Waals surface area (Å²) in [6.07, 6.45) is 7.73. The molecule has 4 heteroatoms. The van der Waals surface area contributed by atoms with Gasteiger partial charge in [-0.05, 0) is 49.2 Å². The van der Waals surface area contributed by atoms with Crippen LogP contribution >= 0.6 is 0 Å². The van der Waals surface area contributed by atoms with Gasteiger partial charge in [0.25, 0.3) is 0 Å². The van der Waals surface area contributed by atoms with E-state index in [4.69, 9.17) is 14.2 Å². The molecule has 0 aromatic heterocycles. The third kappa shape index (κ3) is 8.83. The van der Waals surface area contributed by atoms with Gasteiger partial charge in [-0.1, -0.05) is 94.5 Å². The molecule has 0 aliphatic rings. The van der Waals surface area contributed by atoms with E-state index in [-0.39, 0.29) is 12.0 Å². The summed E-state index contributed by atoms with van der Waals surface area (Å²) in [5.74, 6) is 1.14. The van der Waals surface area contributed by atoms with Crippen LogP contribution in [0.15, 0.2) is 78.9 Å². The number of hydrogen-bond donors (Lipinski definition) is 0. The summed E-state index contributed by atoms with van der Waals surface area (Å²) in [5, 5.41) is 0. The van der Waals surface area contributed by atoms with E-state index in [0.29, 0.717) is 17.9 Å². The van der Waals surface area contributed by atoms with Crippen LogP contribution in [0.2, 0.25) is 0 Å². The first-order valence-electron chi connectivity index (χ1n) is 13.3. The van der Waals surface area contributed by atoms with Crippen LogP contribution in [0, 0.1) is 5.92 Å². The SMILES string of the molecule is CCCCCCCCOC(C)C(C)COc1ccc(C(=O)Oc2ccccc2-c2ccccc2)cc1. The van der Waals surface area contributed by atoms with E-state index in [2.05, 4.69) is 20.8 Å². The zero-order valence-electron chi connectivity index (χ0n) is 22.0. The molecule has 0 saturated heterocycles. The molecule has 0 aliphatic carbocycles. The van der Waals surface area contributed by atoms with Gasteiger partial charge in [0.1, 0.15) is 11.5 Å². The Morgan fingerprint density at radius 2 is 1.44 bits per heavy atom. The fraction of sp³-hybridized carbons (Fsp3) is 0.406. The van der Waals surface area contributed by atoms with Crippen molar-refractivity contribution in [1.29, 1.82) is 0 Å². The summed E-state index contributed by atoms with van der Waals surface area (Å²) in [7, 11) is 0. The third-order valence-electron chi connectivity index (χ3n) is 6.46. The number of ether oxygens (including phenoxy) is 3. The minimum Gasteiger partial charge on any atom is -0.493 e. The second-order valence-electron chi connectivity index (χ2n) is 9.41. The molecule has 0 aliphatic heterocycles. The lowest BCUT2D eigenvalue weighted by atomic mass is 10.0. The van der Waals surface area contributed by atoms with Gasteiger partial charge in [-0.2, -0.15) is 0 Å². The van der Waals surface area contributed by atoms with E-state index < -0.39 is 5.97 Å². The smallest absolute Gasteiger partial charge is 0.343 e. The fourth-order valence-corrected chi connectivity index (χ4v) is 3.94. The molecule has 2 unspecified atom stereocenters. The monoisotopic (exact) mass is 488 g/mol. The maximum Gasteiger partial charge on any atom is 0.343 e. The minimum atomic E-state index is -0.394. The molecule has 0 heterocycles. The van der Waals surface area contributed by atoms with Crippen molar-refractivity contribution < 1.29 is 19.0 Å². The number of esters is 1. The van der Waals surface area contributed by atoms with Crippen molar-refractivity contribution in [1.82, 2.24) is 0 Å². The van der Waals surface area contributed by atoms with Crippen LogP contribution in [0.3, 0.4) is 0 Å². The standard InChI is InChI=1S/C32H40O4/c1-4-5-6-7-8-14-23-34-26(3)25(2)24-35-29-21-19-28(20-22-29)32(33)36-31-18-13-12-17-30(31)27-15-10-9-11-16-27/h9-13,15-22,25-26H,4-8,14,23-24H2,1-3H3. The summed E-state index contributed by atoms with van der Waals surface area (Å²) in [4.78, 5) is 12.8. The molecule has 0 spiro atoms. The van der Waals surface area contributed by atoms with Crippen molar-refractivity contribution >= 4 is 5.97 Å². The predicted molar refractivity (Wildman–Crippen MR) is 147 cm³/mol. The Morgan fingerprint density at radius 1 is 0.778 bits per heavy atom. The number of rotatable bonds is 15. The largest absolute Gasteiger partial charge is 0.493 e. The summed E-state index contributed by atoms with van der Waals surface area (Å²) in [6, 6.07) is 24.6. The maximum atomic E-state index is 12.8. The molecule has 0 radical (unpaired) electrons. The Labute approximate surface area is 216 Å². The van der Waals surface area contributed by atoms with Gasteiger partial charge in [-0.3, -0.25) is 0 Å². The Bertz CT molecular complexity index is 1030. The lowest BCUT2D eigenvalue weighted by Gasteiger charge is -2.21. The van der Waals surface area contributed by atoms with Crippen LogP contribution in [0.1, 0.15) is 69.7 Å². The Kier molecular flexibility index (Phi) is 11.5. The van der Waals surface area contributed by atoms with Gasteiger partial charge < -0.3 is 14.2 Å². The second kappa shape index (κ2) is 15.1. The third-order valence-corrected chi connectivity index (χ3v) is 6.46. The summed E-state index contributed by atoms with van der Waals surface area (Å²) in [6.45, 7) is 7.86. The highest BCUT2D eigenvalue weighted by atomic mass is 16.5. The Balaban J connectivity index is 1.44. The summed E-state index contributed by atoms with van der Waals surface area (Å²) >= 11 is 0. The van der Waals surface area contributed by atoms with E-state index in [0.717, 1.165) is 29.9 Å². The van der Waals surface area contributed by atoms with E-state index in [1.807, 2.05) is 66.7 Å². The Morgan fingerprint density at radius 3 is 2.19 bits per heavy atom. The first-order chi connectivity index (χ1) is 17.6. The van der Waals surface area contributed by atoms with E-state index in [1.165, 1.54) is 32.1 Å². The second-order valence-corrected chi connectivity index (χ2v) is 9.41. The number of para-hydroxylation sites is 1. The zero-order valence-corrected chi connectivity index (χ0v) is 22.0. The first kappa shape index (κ1) is 27.5. The Hall–Kier alpha value is -3.11. The minimum absolute atomic E-state index is 0.138. The molecule has 4 nitrogen and oxygen atoms in total. The highest BCUT2D eigenvalue weighted by Crippen LogP contribution is 2.30. The van der Waals surface area contributed by atoms with E-state index in [9.17, 15) is 4.79 Å². The summed E-state index contributed by atoms with van der Waals surface area (Å²) in [5.41, 5.74) is 2.37. The lowest BCUT2D eigenvalue weighted by Crippen LogP contribution is -2.24.